The molecule has 1 amide bonds. The lowest BCUT2D eigenvalue weighted by atomic mass is 10.2. The number of nitrogens with zero attached hydrogens (tertiary/aromatic N) is 1. The van der Waals surface area contributed by atoms with Gasteiger partial charge in [-0.1, -0.05) is 24.3 Å². The number of para-hydroxylation sites is 1. The third-order valence-corrected chi connectivity index (χ3v) is 4.19. The summed E-state index contributed by atoms with van der Waals surface area (Å²) in [5, 5.41) is 0. The fourth-order valence-electron chi connectivity index (χ4n) is 2.78. The molecule has 0 bridgehead atoms. The van der Waals surface area contributed by atoms with Crippen LogP contribution in [0.1, 0.15) is 26.3 Å². The van der Waals surface area contributed by atoms with Crippen LogP contribution < -0.4 is 14.4 Å². The number of anilines is 1. The van der Waals surface area contributed by atoms with Gasteiger partial charge in [0.15, 0.2) is 17.6 Å². The van der Waals surface area contributed by atoms with Crippen molar-refractivity contribution in [1.29, 1.82) is 0 Å². The highest BCUT2D eigenvalue weighted by Gasteiger charge is 2.23. The third-order valence-electron chi connectivity index (χ3n) is 4.19. The number of hydrogen-bond acceptors (Lipinski definition) is 5. The fourth-order valence-corrected chi connectivity index (χ4v) is 2.78. The molecule has 6 nitrogen and oxygen atoms in total. The molecule has 0 spiro atoms. The Kier molecular flexibility index (Phi) is 8.27. The summed E-state index contributed by atoms with van der Waals surface area (Å²) in [4.78, 5) is 26.4. The molecule has 154 valence electrons. The Morgan fingerprint density at radius 3 is 2.41 bits per heavy atom. The number of hydrogen-bond donors (Lipinski definition) is 0. The minimum absolute atomic E-state index is 0.275. The molecular formula is C23H27NO5. The highest BCUT2D eigenvalue weighted by Crippen LogP contribution is 2.28. The zero-order valence-electron chi connectivity index (χ0n) is 17.3. The highest BCUT2D eigenvalue weighted by molar-refractivity contribution is 5.98. The lowest BCUT2D eigenvalue weighted by Crippen LogP contribution is -2.39. The number of ether oxygens (including phenoxy) is 3. The standard InChI is InChI=1S/C23H27NO5/c1-5-24(19-10-8-7-9-11-19)23(26)17(3)29-22(25)15-13-18-12-14-20(28-6-2)21(16-18)27-4/h7-17H,5-6H2,1-4H3/b15-13+/t17-/m0/s1. The van der Waals surface area contributed by atoms with E-state index >= 15 is 0 Å². The van der Waals surface area contributed by atoms with Gasteiger partial charge in [-0.05, 0) is 56.7 Å². The fraction of sp³-hybridized carbons (Fsp3) is 0.304. The van der Waals surface area contributed by atoms with Gasteiger partial charge in [0.05, 0.1) is 13.7 Å². The summed E-state index contributed by atoms with van der Waals surface area (Å²) in [5.74, 6) is 0.341. The zero-order chi connectivity index (χ0) is 21.2. The Bertz CT molecular complexity index is 848. The van der Waals surface area contributed by atoms with Crippen LogP contribution in [0.4, 0.5) is 5.69 Å². The molecule has 29 heavy (non-hydrogen) atoms. The predicted molar refractivity (Wildman–Crippen MR) is 113 cm³/mol. The Morgan fingerprint density at radius 2 is 1.79 bits per heavy atom. The summed E-state index contributed by atoms with van der Waals surface area (Å²) in [5.41, 5.74) is 1.51. The molecule has 0 aliphatic carbocycles. The van der Waals surface area contributed by atoms with Crippen LogP contribution in [0.25, 0.3) is 6.08 Å². The van der Waals surface area contributed by atoms with Crippen LogP contribution in [0.3, 0.4) is 0 Å². The summed E-state index contributed by atoms with van der Waals surface area (Å²) in [6.07, 6.45) is 1.99. The number of amides is 1. The van der Waals surface area contributed by atoms with Gasteiger partial charge in [-0.15, -0.1) is 0 Å². The molecule has 0 saturated heterocycles. The number of likely N-dealkylation sites (N-methyl/N-ethyl adjacent to an activating group) is 1. The number of rotatable bonds is 9. The molecule has 0 unspecified atom stereocenters. The average Bonchev–Trinajstić information content (AvgIpc) is 2.74. The topological polar surface area (TPSA) is 65.1 Å². The summed E-state index contributed by atoms with van der Waals surface area (Å²) in [6, 6.07) is 14.6. The molecule has 0 fully saturated rings. The first-order chi connectivity index (χ1) is 14.0. The molecule has 1 atom stereocenters. The van der Waals surface area contributed by atoms with Gasteiger partial charge in [0.25, 0.3) is 5.91 Å². The minimum Gasteiger partial charge on any atom is -0.493 e. The first kappa shape index (κ1) is 22.0. The monoisotopic (exact) mass is 397 g/mol. The van der Waals surface area contributed by atoms with Crippen molar-refractivity contribution in [3.8, 4) is 11.5 Å². The smallest absolute Gasteiger partial charge is 0.331 e. The quantitative estimate of drug-likeness (QED) is 0.471. The summed E-state index contributed by atoms with van der Waals surface area (Å²) in [7, 11) is 1.55. The lowest BCUT2D eigenvalue weighted by molar-refractivity contribution is -0.149. The largest absolute Gasteiger partial charge is 0.493 e. The molecule has 2 aromatic rings. The van der Waals surface area contributed by atoms with E-state index in [4.69, 9.17) is 14.2 Å². The van der Waals surface area contributed by atoms with Gasteiger partial charge in [-0.2, -0.15) is 0 Å². The van der Waals surface area contributed by atoms with Gasteiger partial charge in [-0.25, -0.2) is 4.79 Å². The lowest BCUT2D eigenvalue weighted by Gasteiger charge is -2.24. The van der Waals surface area contributed by atoms with Crippen molar-refractivity contribution < 1.29 is 23.8 Å². The number of esters is 1. The van der Waals surface area contributed by atoms with Crippen LogP contribution in [0.2, 0.25) is 0 Å². The van der Waals surface area contributed by atoms with Crippen LogP contribution in [0, 0.1) is 0 Å². The molecule has 2 rings (SSSR count). The Labute approximate surface area is 171 Å². The van der Waals surface area contributed by atoms with E-state index in [9.17, 15) is 9.59 Å². The Hall–Kier alpha value is -3.28. The molecule has 0 saturated carbocycles. The number of benzene rings is 2. The number of carbonyl (C=O) groups excluding carboxylic acids is 2. The van der Waals surface area contributed by atoms with Gasteiger partial charge in [0.1, 0.15) is 0 Å². The van der Waals surface area contributed by atoms with Crippen LogP contribution >= 0.6 is 0 Å². The predicted octanol–water partition coefficient (Wildman–Crippen LogP) is 4.09. The van der Waals surface area contributed by atoms with Gasteiger partial charge < -0.3 is 19.1 Å². The molecular weight excluding hydrogens is 370 g/mol. The van der Waals surface area contributed by atoms with E-state index < -0.39 is 12.1 Å². The van der Waals surface area contributed by atoms with Gasteiger partial charge in [0.2, 0.25) is 0 Å². The van der Waals surface area contributed by atoms with Gasteiger partial charge in [-0.3, -0.25) is 4.79 Å². The highest BCUT2D eigenvalue weighted by atomic mass is 16.5. The average molecular weight is 397 g/mol. The summed E-state index contributed by atoms with van der Waals surface area (Å²) >= 11 is 0. The van der Waals surface area contributed by atoms with E-state index in [1.807, 2.05) is 44.2 Å². The maximum Gasteiger partial charge on any atom is 0.331 e. The van der Waals surface area contributed by atoms with Crippen molar-refractivity contribution in [2.45, 2.75) is 26.9 Å². The van der Waals surface area contributed by atoms with Crippen molar-refractivity contribution in [2.75, 3.05) is 25.2 Å². The molecule has 0 aromatic heterocycles. The van der Waals surface area contributed by atoms with Gasteiger partial charge >= 0.3 is 5.97 Å². The van der Waals surface area contributed by atoms with E-state index in [0.717, 1.165) is 11.3 Å². The van der Waals surface area contributed by atoms with Crippen molar-refractivity contribution >= 4 is 23.6 Å². The van der Waals surface area contributed by atoms with E-state index in [-0.39, 0.29) is 5.91 Å². The van der Waals surface area contributed by atoms with Gasteiger partial charge in [0, 0.05) is 18.3 Å². The number of methoxy groups -OCH3 is 1. The molecule has 0 aliphatic rings. The third kappa shape index (κ3) is 6.10. The molecule has 2 aromatic carbocycles. The van der Waals surface area contributed by atoms with Crippen molar-refractivity contribution in [2.24, 2.45) is 0 Å². The minimum atomic E-state index is -0.901. The molecule has 0 N–H and O–H groups in total. The Morgan fingerprint density at radius 1 is 1.07 bits per heavy atom. The van der Waals surface area contributed by atoms with E-state index in [0.29, 0.717) is 24.7 Å². The van der Waals surface area contributed by atoms with E-state index in [1.54, 1.807) is 43.2 Å². The second-order valence-corrected chi connectivity index (χ2v) is 6.17. The summed E-state index contributed by atoms with van der Waals surface area (Å²) in [6.45, 7) is 6.34. The molecule has 0 heterocycles. The normalized spacial score (nSPS) is 11.7. The van der Waals surface area contributed by atoms with Crippen molar-refractivity contribution in [1.82, 2.24) is 0 Å². The molecule has 0 aliphatic heterocycles. The maximum atomic E-state index is 12.7. The van der Waals surface area contributed by atoms with Crippen LogP contribution in [-0.4, -0.2) is 38.2 Å². The molecule has 0 radical (unpaired) electrons. The SMILES string of the molecule is CCOc1ccc(/C=C/C(=O)O[C@@H](C)C(=O)N(CC)c2ccccc2)cc1OC. The second-order valence-electron chi connectivity index (χ2n) is 6.17. The van der Waals surface area contributed by atoms with Crippen molar-refractivity contribution in [3.63, 3.8) is 0 Å². The van der Waals surface area contributed by atoms with Crippen molar-refractivity contribution in [3.05, 3.63) is 60.2 Å². The van der Waals surface area contributed by atoms with Crippen LogP contribution in [0.15, 0.2) is 54.6 Å². The van der Waals surface area contributed by atoms with E-state index in [1.165, 1.54) is 6.08 Å². The van der Waals surface area contributed by atoms with Crippen LogP contribution in [0.5, 0.6) is 11.5 Å². The zero-order valence-corrected chi connectivity index (χ0v) is 17.3. The summed E-state index contributed by atoms with van der Waals surface area (Å²) < 4.78 is 16.1. The number of carbonyl (C=O) groups is 2. The first-order valence-corrected chi connectivity index (χ1v) is 9.56. The second kappa shape index (κ2) is 10.9. The first-order valence-electron chi connectivity index (χ1n) is 9.56. The molecule has 6 heteroatoms. The Balaban J connectivity index is 2.01. The van der Waals surface area contributed by atoms with E-state index in [2.05, 4.69) is 0 Å². The van der Waals surface area contributed by atoms with Crippen LogP contribution in [-0.2, 0) is 14.3 Å². The maximum absolute atomic E-state index is 12.7.